The highest BCUT2D eigenvalue weighted by molar-refractivity contribution is 6.00. The summed E-state index contributed by atoms with van der Waals surface area (Å²) in [6.45, 7) is 27.9. The molecule has 1 rings (SSSR count). The van der Waals surface area contributed by atoms with Gasteiger partial charge in [0.05, 0.1) is 12.7 Å². The lowest BCUT2D eigenvalue weighted by Crippen LogP contribution is -2.66. The van der Waals surface area contributed by atoms with Crippen LogP contribution in [0.1, 0.15) is 194 Å². The standard InChI is InChI=1S/C58H106N10O12/c1-18-22-23-24-26-38(8)52(77)68-28-25-27-44(68)49(74)61-43(32-35(5)31-42(71)33-41(70)21-4)48(73)60-40(10)47(72)64-56(11,12)54(79)63-45(36(6)19-2)50(75)62-46(37(7)20-3)51(76)65-58(15,16)55(80)66-57(13,14)53(78)59-39(9)34-67(17)29-30-69/h35-40,42-46,69,71H,18-34H2,1-17H3,(H,59,78)(H,60,73)(H,61,74)(H,62,75)(H,63,79)(H,64,72)(H,65,76)(H,66,80)/t35-,36+,37+,38-,39+,40+,42+,43+,44+,45+,46+/m1/s1. The SMILES string of the molecule is CCCCCC[C@@H](C)C(=O)N1CCC[C@H]1C(=O)N[C@@H](C[C@H](C)C[C@H](O)CC(=O)CC)C(=O)N[C@@H](C)C(=O)NC(C)(C)C(=O)N[C@H](C(=O)N[C@H](C(=O)NC(C)(C)C(=O)NC(C)(C)C(=O)N[C@@H](C)CN(C)CCO)[C@@H](C)CC)[C@@H](C)CC. The van der Waals surface area contributed by atoms with E-state index in [1.54, 1.807) is 46.6 Å². The molecule has 0 spiro atoms. The molecular formula is C58H106N10O12. The van der Waals surface area contributed by atoms with Crippen LogP contribution >= 0.6 is 0 Å². The first-order chi connectivity index (χ1) is 37.1. The minimum absolute atomic E-state index is 0.0297. The van der Waals surface area contributed by atoms with E-state index in [1.165, 1.54) is 48.5 Å². The summed E-state index contributed by atoms with van der Waals surface area (Å²) >= 11 is 0. The van der Waals surface area contributed by atoms with Crippen LogP contribution in [0.4, 0.5) is 0 Å². The maximum Gasteiger partial charge on any atom is 0.246 e. The van der Waals surface area contributed by atoms with Crippen molar-refractivity contribution >= 4 is 58.9 Å². The number of likely N-dealkylation sites (tertiary alicyclic amines) is 1. The molecule has 0 saturated carbocycles. The first kappa shape index (κ1) is 72.8. The number of nitrogens with one attached hydrogen (secondary N) is 8. The summed E-state index contributed by atoms with van der Waals surface area (Å²) in [4.78, 5) is 141. The van der Waals surface area contributed by atoms with Crippen molar-refractivity contribution in [3.05, 3.63) is 0 Å². The van der Waals surface area contributed by atoms with E-state index >= 15 is 0 Å². The largest absolute Gasteiger partial charge is 0.395 e. The van der Waals surface area contributed by atoms with Crippen LogP contribution in [0.2, 0.25) is 0 Å². The molecule has 0 unspecified atom stereocenters. The van der Waals surface area contributed by atoms with Gasteiger partial charge in [0.15, 0.2) is 0 Å². The van der Waals surface area contributed by atoms with E-state index in [1.807, 2.05) is 25.7 Å². The van der Waals surface area contributed by atoms with Crippen LogP contribution in [-0.4, -0.2) is 171 Å². The van der Waals surface area contributed by atoms with E-state index in [0.29, 0.717) is 51.7 Å². The van der Waals surface area contributed by atoms with Crippen LogP contribution < -0.4 is 42.5 Å². The molecule has 10 N–H and O–H groups in total. The fraction of sp³-hybridized carbons (Fsp3) is 0.828. The summed E-state index contributed by atoms with van der Waals surface area (Å²) in [5, 5.41) is 42.0. The van der Waals surface area contributed by atoms with Crippen LogP contribution in [0.15, 0.2) is 0 Å². The number of nitrogens with zero attached hydrogens (tertiary/aromatic N) is 2. The van der Waals surface area contributed by atoms with Gasteiger partial charge in [-0.2, -0.15) is 0 Å². The molecule has 80 heavy (non-hydrogen) atoms. The van der Waals surface area contributed by atoms with Crippen molar-refractivity contribution < 1.29 is 58.2 Å². The molecule has 460 valence electrons. The Labute approximate surface area is 478 Å². The van der Waals surface area contributed by atoms with E-state index in [-0.39, 0.29) is 61.9 Å². The number of hydrogen-bond acceptors (Lipinski definition) is 13. The highest BCUT2D eigenvalue weighted by Crippen LogP contribution is 2.24. The lowest BCUT2D eigenvalue weighted by molar-refractivity contribution is -0.142. The number of carbonyl (C=O) groups excluding carboxylic acids is 10. The molecule has 1 aliphatic rings. The summed E-state index contributed by atoms with van der Waals surface area (Å²) in [5.74, 6) is -7.10. The third kappa shape index (κ3) is 24.1. The molecular weight excluding hydrogens is 1030 g/mol. The Morgan fingerprint density at radius 2 is 1.19 bits per heavy atom. The van der Waals surface area contributed by atoms with Gasteiger partial charge >= 0.3 is 0 Å². The monoisotopic (exact) mass is 1130 g/mol. The Morgan fingerprint density at radius 3 is 1.75 bits per heavy atom. The first-order valence-corrected chi connectivity index (χ1v) is 29.4. The maximum atomic E-state index is 14.2. The van der Waals surface area contributed by atoms with Gasteiger partial charge in [0.25, 0.3) is 0 Å². The predicted octanol–water partition coefficient (Wildman–Crippen LogP) is 2.89. The topological polar surface area (TPSA) is 314 Å². The average Bonchev–Trinajstić information content (AvgIpc) is 3.87. The third-order valence-electron chi connectivity index (χ3n) is 15.3. The zero-order valence-corrected chi connectivity index (χ0v) is 51.7. The predicted molar refractivity (Wildman–Crippen MR) is 308 cm³/mol. The van der Waals surface area contributed by atoms with Crippen molar-refractivity contribution in [3.8, 4) is 0 Å². The van der Waals surface area contributed by atoms with Gasteiger partial charge < -0.3 is 62.5 Å². The van der Waals surface area contributed by atoms with E-state index in [0.717, 1.165) is 25.7 Å². The van der Waals surface area contributed by atoms with Gasteiger partial charge in [-0.25, -0.2) is 0 Å². The minimum Gasteiger partial charge on any atom is -0.395 e. The molecule has 0 bridgehead atoms. The molecule has 0 aromatic heterocycles. The van der Waals surface area contributed by atoms with Crippen molar-refractivity contribution in [2.24, 2.45) is 23.7 Å². The fourth-order valence-corrected chi connectivity index (χ4v) is 9.48. The Kier molecular flexibility index (Phi) is 31.2. The third-order valence-corrected chi connectivity index (χ3v) is 15.3. The number of rotatable bonds is 37. The second-order valence-corrected chi connectivity index (χ2v) is 24.4. The highest BCUT2D eigenvalue weighted by atomic mass is 16.3. The smallest absolute Gasteiger partial charge is 0.246 e. The van der Waals surface area contributed by atoms with Crippen LogP contribution in [0.3, 0.4) is 0 Å². The molecule has 0 aliphatic carbocycles. The fourth-order valence-electron chi connectivity index (χ4n) is 9.48. The van der Waals surface area contributed by atoms with Crippen molar-refractivity contribution in [2.45, 2.75) is 253 Å². The van der Waals surface area contributed by atoms with Crippen LogP contribution in [0.25, 0.3) is 0 Å². The number of hydrogen-bond donors (Lipinski definition) is 10. The molecule has 11 atom stereocenters. The van der Waals surface area contributed by atoms with Crippen LogP contribution in [0.5, 0.6) is 0 Å². The maximum absolute atomic E-state index is 14.2. The summed E-state index contributed by atoms with van der Waals surface area (Å²) in [6, 6.07) is -5.96. The molecule has 22 heteroatoms. The van der Waals surface area contributed by atoms with E-state index in [4.69, 9.17) is 0 Å². The number of amides is 9. The number of aliphatic hydroxyl groups excluding tert-OH is 2. The summed E-state index contributed by atoms with van der Waals surface area (Å²) in [6.07, 6.45) is 6.01. The molecule has 1 fully saturated rings. The highest BCUT2D eigenvalue weighted by Gasteiger charge is 2.42. The Morgan fingerprint density at radius 1 is 0.637 bits per heavy atom. The molecule has 0 aromatic carbocycles. The van der Waals surface area contributed by atoms with Gasteiger partial charge in [0.2, 0.25) is 53.2 Å². The molecule has 1 heterocycles. The number of unbranched alkanes of at least 4 members (excludes halogenated alkanes) is 3. The molecule has 22 nitrogen and oxygen atoms in total. The molecule has 0 radical (unpaired) electrons. The van der Waals surface area contributed by atoms with Crippen molar-refractivity contribution in [1.82, 2.24) is 52.3 Å². The summed E-state index contributed by atoms with van der Waals surface area (Å²) in [7, 11) is 1.80. The minimum atomic E-state index is -1.67. The van der Waals surface area contributed by atoms with Crippen molar-refractivity contribution in [2.75, 3.05) is 33.3 Å². The number of likely N-dealkylation sites (N-methyl/N-ethyl adjacent to an activating group) is 1. The lowest BCUT2D eigenvalue weighted by atomic mass is 9.92. The Hall–Kier alpha value is -5.22. The quantitative estimate of drug-likeness (QED) is 0.0401. The van der Waals surface area contributed by atoms with Gasteiger partial charge in [-0.1, -0.05) is 93.9 Å². The molecule has 1 aliphatic heterocycles. The second-order valence-electron chi connectivity index (χ2n) is 24.4. The number of ketones is 1. The second kappa shape index (κ2) is 34.3. The van der Waals surface area contributed by atoms with E-state index in [2.05, 4.69) is 49.5 Å². The average molecular weight is 1140 g/mol. The van der Waals surface area contributed by atoms with E-state index in [9.17, 15) is 58.2 Å². The zero-order chi connectivity index (χ0) is 61.5. The summed E-state index contributed by atoms with van der Waals surface area (Å²) in [5.41, 5.74) is -4.64. The molecule has 0 aromatic rings. The molecule has 1 saturated heterocycles. The number of Topliss-reactive ketones (excluding diaryl/α,β-unsaturated/α-hetero) is 1. The lowest BCUT2D eigenvalue weighted by Gasteiger charge is -2.35. The Bertz CT molecular complexity index is 2070. The van der Waals surface area contributed by atoms with Crippen LogP contribution in [-0.2, 0) is 47.9 Å². The van der Waals surface area contributed by atoms with Gasteiger partial charge in [-0.15, -0.1) is 0 Å². The Balaban J connectivity index is 3.27. The van der Waals surface area contributed by atoms with Gasteiger partial charge in [-0.3, -0.25) is 47.9 Å². The van der Waals surface area contributed by atoms with E-state index < -0.39 is 112 Å². The van der Waals surface area contributed by atoms with Crippen molar-refractivity contribution in [3.63, 3.8) is 0 Å². The first-order valence-electron chi connectivity index (χ1n) is 29.4. The van der Waals surface area contributed by atoms with Gasteiger partial charge in [0, 0.05) is 44.4 Å². The summed E-state index contributed by atoms with van der Waals surface area (Å²) < 4.78 is 0. The van der Waals surface area contributed by atoms with Crippen LogP contribution in [0, 0.1) is 23.7 Å². The van der Waals surface area contributed by atoms with Gasteiger partial charge in [-0.05, 0) is 112 Å². The van der Waals surface area contributed by atoms with Crippen molar-refractivity contribution in [1.29, 1.82) is 0 Å². The number of aliphatic hydroxyl groups is 2. The number of carbonyl (C=O) groups is 10. The molecule has 9 amide bonds. The zero-order valence-electron chi connectivity index (χ0n) is 51.7. The normalized spacial score (nSPS) is 17.7. The van der Waals surface area contributed by atoms with Gasteiger partial charge in [0.1, 0.15) is 52.6 Å².